The molecule has 0 aromatic rings. The standard InChI is InChI=1S/C15H32N2/c1-4-7-12-8-10-14(11-9-12)15(17-16)13(5-2)6-3/h12-15,17H,4-11,16H2,1-3H3. The minimum Gasteiger partial charge on any atom is -0.271 e. The van der Waals surface area contributed by atoms with E-state index in [1.807, 2.05) is 0 Å². The van der Waals surface area contributed by atoms with E-state index < -0.39 is 0 Å². The zero-order valence-electron chi connectivity index (χ0n) is 12.0. The maximum atomic E-state index is 5.80. The van der Waals surface area contributed by atoms with Gasteiger partial charge in [-0.25, -0.2) is 0 Å². The van der Waals surface area contributed by atoms with E-state index in [4.69, 9.17) is 5.84 Å². The Bertz CT molecular complexity index is 181. The molecule has 0 spiro atoms. The highest BCUT2D eigenvalue weighted by Gasteiger charge is 2.30. The lowest BCUT2D eigenvalue weighted by molar-refractivity contribution is 0.168. The summed E-state index contributed by atoms with van der Waals surface area (Å²) >= 11 is 0. The Hall–Kier alpha value is -0.0800. The van der Waals surface area contributed by atoms with Crippen LogP contribution in [0.25, 0.3) is 0 Å². The first-order valence-electron chi connectivity index (χ1n) is 7.72. The Morgan fingerprint density at radius 1 is 1.06 bits per heavy atom. The lowest BCUT2D eigenvalue weighted by Gasteiger charge is -2.37. The van der Waals surface area contributed by atoms with Gasteiger partial charge in [0, 0.05) is 6.04 Å². The number of hydrazine groups is 1. The van der Waals surface area contributed by atoms with Gasteiger partial charge in [0.05, 0.1) is 0 Å². The second-order valence-corrected chi connectivity index (χ2v) is 5.84. The molecule has 0 amide bonds. The van der Waals surface area contributed by atoms with Crippen molar-refractivity contribution in [1.29, 1.82) is 0 Å². The Labute approximate surface area is 108 Å². The van der Waals surface area contributed by atoms with Gasteiger partial charge in [0.25, 0.3) is 0 Å². The SMILES string of the molecule is CCCC1CCC(C(NN)C(CC)CC)CC1. The summed E-state index contributed by atoms with van der Waals surface area (Å²) in [5.74, 6) is 8.37. The summed E-state index contributed by atoms with van der Waals surface area (Å²) in [6.07, 6.45) is 10.9. The van der Waals surface area contributed by atoms with Crippen molar-refractivity contribution in [2.24, 2.45) is 23.6 Å². The maximum absolute atomic E-state index is 5.80. The molecule has 1 saturated carbocycles. The van der Waals surface area contributed by atoms with Crippen molar-refractivity contribution in [2.75, 3.05) is 0 Å². The maximum Gasteiger partial charge on any atom is 0.0266 e. The van der Waals surface area contributed by atoms with Gasteiger partial charge in [-0.15, -0.1) is 0 Å². The van der Waals surface area contributed by atoms with Crippen LogP contribution in [0.4, 0.5) is 0 Å². The topological polar surface area (TPSA) is 38.0 Å². The summed E-state index contributed by atoms with van der Waals surface area (Å²) < 4.78 is 0. The Balaban J connectivity index is 2.44. The van der Waals surface area contributed by atoms with E-state index in [0.29, 0.717) is 6.04 Å². The highest BCUT2D eigenvalue weighted by atomic mass is 15.2. The lowest BCUT2D eigenvalue weighted by Crippen LogP contribution is -2.46. The van der Waals surface area contributed by atoms with Crippen LogP contribution in [0, 0.1) is 17.8 Å². The van der Waals surface area contributed by atoms with E-state index in [9.17, 15) is 0 Å². The van der Waals surface area contributed by atoms with Gasteiger partial charge >= 0.3 is 0 Å². The van der Waals surface area contributed by atoms with Gasteiger partial charge in [0.15, 0.2) is 0 Å². The first-order valence-corrected chi connectivity index (χ1v) is 7.72. The van der Waals surface area contributed by atoms with Crippen LogP contribution >= 0.6 is 0 Å². The van der Waals surface area contributed by atoms with E-state index in [-0.39, 0.29) is 0 Å². The summed E-state index contributed by atoms with van der Waals surface area (Å²) in [5.41, 5.74) is 3.12. The van der Waals surface area contributed by atoms with Crippen LogP contribution in [0.2, 0.25) is 0 Å². The number of hydrogen-bond acceptors (Lipinski definition) is 2. The van der Waals surface area contributed by atoms with Gasteiger partial charge in [0.1, 0.15) is 0 Å². The van der Waals surface area contributed by atoms with Crippen LogP contribution in [0.1, 0.15) is 72.1 Å². The average Bonchev–Trinajstić information content (AvgIpc) is 2.37. The first-order chi connectivity index (χ1) is 8.26. The minimum absolute atomic E-state index is 0.549. The molecule has 0 heterocycles. The van der Waals surface area contributed by atoms with Gasteiger partial charge in [-0.1, -0.05) is 59.3 Å². The van der Waals surface area contributed by atoms with E-state index >= 15 is 0 Å². The van der Waals surface area contributed by atoms with E-state index in [2.05, 4.69) is 26.2 Å². The smallest absolute Gasteiger partial charge is 0.0266 e. The molecule has 0 saturated heterocycles. The van der Waals surface area contributed by atoms with Gasteiger partial charge in [0.2, 0.25) is 0 Å². The van der Waals surface area contributed by atoms with Crippen LogP contribution in [-0.2, 0) is 0 Å². The molecule has 2 heteroatoms. The summed E-state index contributed by atoms with van der Waals surface area (Å²) in [6, 6.07) is 0.549. The molecule has 3 N–H and O–H groups in total. The Kier molecular flexibility index (Phi) is 7.14. The molecule has 0 aliphatic heterocycles. The molecule has 102 valence electrons. The third-order valence-electron chi connectivity index (χ3n) is 4.85. The monoisotopic (exact) mass is 240 g/mol. The van der Waals surface area contributed by atoms with Crippen LogP contribution in [0.5, 0.6) is 0 Å². The van der Waals surface area contributed by atoms with E-state index in [0.717, 1.165) is 17.8 Å². The molecule has 0 bridgehead atoms. The average molecular weight is 240 g/mol. The van der Waals surface area contributed by atoms with Crippen molar-refractivity contribution in [3.63, 3.8) is 0 Å². The summed E-state index contributed by atoms with van der Waals surface area (Å²) in [5, 5.41) is 0. The number of nitrogens with two attached hydrogens (primary N) is 1. The normalized spacial score (nSPS) is 27.4. The number of hydrogen-bond donors (Lipinski definition) is 2. The molecule has 1 aliphatic rings. The predicted molar refractivity (Wildman–Crippen MR) is 75.5 cm³/mol. The quantitative estimate of drug-likeness (QED) is 0.524. The Morgan fingerprint density at radius 2 is 1.65 bits per heavy atom. The minimum atomic E-state index is 0.549. The molecule has 17 heavy (non-hydrogen) atoms. The third-order valence-corrected chi connectivity index (χ3v) is 4.85. The third kappa shape index (κ3) is 4.26. The molecule has 1 atom stereocenters. The van der Waals surface area contributed by atoms with Gasteiger partial charge in [-0.05, 0) is 30.6 Å². The number of rotatable bonds is 7. The van der Waals surface area contributed by atoms with Crippen LogP contribution in [-0.4, -0.2) is 6.04 Å². The molecule has 1 unspecified atom stereocenters. The fraction of sp³-hybridized carbons (Fsp3) is 1.00. The second-order valence-electron chi connectivity index (χ2n) is 5.84. The Morgan fingerprint density at radius 3 is 2.06 bits per heavy atom. The molecule has 2 nitrogen and oxygen atoms in total. The van der Waals surface area contributed by atoms with E-state index in [1.165, 1.54) is 51.4 Å². The van der Waals surface area contributed by atoms with Crippen LogP contribution in [0.3, 0.4) is 0 Å². The van der Waals surface area contributed by atoms with E-state index in [1.54, 1.807) is 0 Å². The van der Waals surface area contributed by atoms with Crippen LogP contribution < -0.4 is 11.3 Å². The highest BCUT2D eigenvalue weighted by Crippen LogP contribution is 2.35. The summed E-state index contributed by atoms with van der Waals surface area (Å²) in [4.78, 5) is 0. The zero-order valence-corrected chi connectivity index (χ0v) is 12.0. The van der Waals surface area contributed by atoms with Crippen LogP contribution in [0.15, 0.2) is 0 Å². The lowest BCUT2D eigenvalue weighted by atomic mass is 9.73. The van der Waals surface area contributed by atoms with Gasteiger partial charge in [-0.2, -0.15) is 0 Å². The van der Waals surface area contributed by atoms with Crippen molar-refractivity contribution in [3.8, 4) is 0 Å². The molecule has 1 aliphatic carbocycles. The largest absolute Gasteiger partial charge is 0.271 e. The number of nitrogens with one attached hydrogen (secondary N) is 1. The molecular weight excluding hydrogens is 208 g/mol. The summed E-state index contributed by atoms with van der Waals surface area (Å²) in [6.45, 7) is 6.89. The molecular formula is C15H32N2. The van der Waals surface area contributed by atoms with Crippen molar-refractivity contribution in [3.05, 3.63) is 0 Å². The van der Waals surface area contributed by atoms with Gasteiger partial charge < -0.3 is 0 Å². The van der Waals surface area contributed by atoms with Crippen molar-refractivity contribution in [1.82, 2.24) is 5.43 Å². The summed E-state index contributed by atoms with van der Waals surface area (Å²) in [7, 11) is 0. The second kappa shape index (κ2) is 8.10. The zero-order chi connectivity index (χ0) is 12.7. The fourth-order valence-electron chi connectivity index (χ4n) is 3.70. The predicted octanol–water partition coefficient (Wildman–Crippen LogP) is 3.86. The van der Waals surface area contributed by atoms with Gasteiger partial charge in [-0.3, -0.25) is 11.3 Å². The molecule has 1 rings (SSSR count). The van der Waals surface area contributed by atoms with Crippen molar-refractivity contribution >= 4 is 0 Å². The molecule has 0 radical (unpaired) electrons. The van der Waals surface area contributed by atoms with Crippen molar-refractivity contribution in [2.45, 2.75) is 78.2 Å². The molecule has 1 fully saturated rings. The van der Waals surface area contributed by atoms with Crippen molar-refractivity contribution < 1.29 is 0 Å². The first kappa shape index (κ1) is 15.0. The highest BCUT2D eigenvalue weighted by molar-refractivity contribution is 4.84. The fourth-order valence-corrected chi connectivity index (χ4v) is 3.70. The molecule has 0 aromatic carbocycles. The molecule has 0 aromatic heterocycles.